The second kappa shape index (κ2) is 23.4. The number of unbranched alkanes of at least 4 members (excludes halogenated alkanes) is 15. The van der Waals surface area contributed by atoms with Gasteiger partial charge in [-0.15, -0.1) is 0 Å². The van der Waals surface area contributed by atoms with Gasteiger partial charge in [0.15, 0.2) is 0 Å². The Hall–Kier alpha value is -0.610. The SMILES string of the molecule is CC(N)C(=O)O.CCCCCCCCCCCCCCCCCCN. The van der Waals surface area contributed by atoms with E-state index in [1.54, 1.807) is 0 Å². The van der Waals surface area contributed by atoms with Crippen molar-refractivity contribution in [2.45, 2.75) is 123 Å². The highest BCUT2D eigenvalue weighted by Crippen LogP contribution is 2.13. The molecule has 152 valence electrons. The molecule has 0 spiro atoms. The van der Waals surface area contributed by atoms with Crippen molar-refractivity contribution >= 4 is 5.97 Å². The van der Waals surface area contributed by atoms with Crippen LogP contribution >= 0.6 is 0 Å². The summed E-state index contributed by atoms with van der Waals surface area (Å²) in [6, 6.07) is -0.731. The Balaban J connectivity index is 0. The highest BCUT2D eigenvalue weighted by molar-refractivity contribution is 5.72. The van der Waals surface area contributed by atoms with Crippen LogP contribution in [0.3, 0.4) is 0 Å². The van der Waals surface area contributed by atoms with Crippen molar-refractivity contribution in [3.05, 3.63) is 0 Å². The third kappa shape index (κ3) is 28.5. The number of carboxylic acids is 1. The van der Waals surface area contributed by atoms with Gasteiger partial charge in [-0.05, 0) is 19.9 Å². The first-order valence-electron chi connectivity index (χ1n) is 10.7. The number of hydrogen-bond donors (Lipinski definition) is 3. The van der Waals surface area contributed by atoms with E-state index in [9.17, 15) is 4.79 Å². The molecular weight excluding hydrogens is 312 g/mol. The fourth-order valence-electron chi connectivity index (χ4n) is 2.69. The number of hydrogen-bond acceptors (Lipinski definition) is 3. The third-order valence-corrected chi connectivity index (χ3v) is 4.45. The lowest BCUT2D eigenvalue weighted by Crippen LogP contribution is -2.25. The van der Waals surface area contributed by atoms with Gasteiger partial charge < -0.3 is 16.6 Å². The second-order valence-corrected chi connectivity index (χ2v) is 7.22. The molecule has 0 aromatic heterocycles. The molecule has 0 aromatic rings. The molecule has 0 radical (unpaired) electrons. The average Bonchev–Trinajstić information content (AvgIpc) is 2.59. The molecule has 1 atom stereocenters. The quantitative estimate of drug-likeness (QED) is 0.294. The largest absolute Gasteiger partial charge is 0.480 e. The molecule has 1 unspecified atom stereocenters. The molecule has 0 aliphatic heterocycles. The van der Waals surface area contributed by atoms with Crippen LogP contribution in [0, 0.1) is 0 Å². The molecule has 0 heterocycles. The van der Waals surface area contributed by atoms with E-state index in [0.29, 0.717) is 0 Å². The lowest BCUT2D eigenvalue weighted by atomic mass is 10.0. The molecular formula is C21H46N2O2. The van der Waals surface area contributed by atoms with E-state index in [1.165, 1.54) is 110 Å². The molecule has 0 amide bonds. The summed E-state index contributed by atoms with van der Waals surface area (Å²) in [6.07, 6.45) is 22.9. The molecule has 0 aromatic carbocycles. The summed E-state index contributed by atoms with van der Waals surface area (Å²) in [5, 5.41) is 7.87. The second-order valence-electron chi connectivity index (χ2n) is 7.22. The highest BCUT2D eigenvalue weighted by atomic mass is 16.4. The predicted molar refractivity (Wildman–Crippen MR) is 110 cm³/mol. The molecule has 0 saturated heterocycles. The van der Waals surface area contributed by atoms with E-state index in [1.807, 2.05) is 0 Å². The fourth-order valence-corrected chi connectivity index (χ4v) is 2.69. The molecule has 25 heavy (non-hydrogen) atoms. The molecule has 4 heteroatoms. The maximum absolute atomic E-state index is 9.57. The first kappa shape index (κ1) is 26.6. The number of aliphatic carboxylic acids is 1. The summed E-state index contributed by atoms with van der Waals surface area (Å²) < 4.78 is 0. The van der Waals surface area contributed by atoms with Gasteiger partial charge in [0.2, 0.25) is 0 Å². The van der Waals surface area contributed by atoms with E-state index in [2.05, 4.69) is 6.92 Å². The van der Waals surface area contributed by atoms with Crippen LogP contribution < -0.4 is 11.5 Å². The minimum atomic E-state index is -0.963. The van der Waals surface area contributed by atoms with Crippen molar-refractivity contribution in [1.82, 2.24) is 0 Å². The Morgan fingerprint density at radius 1 is 0.720 bits per heavy atom. The van der Waals surface area contributed by atoms with E-state index in [4.69, 9.17) is 16.6 Å². The Kier molecular flexibility index (Phi) is 24.9. The summed E-state index contributed by atoms with van der Waals surface area (Å²) in [5.41, 5.74) is 10.3. The lowest BCUT2D eigenvalue weighted by molar-refractivity contribution is -0.138. The molecule has 0 bridgehead atoms. The number of carboxylic acid groups (broad SMARTS) is 1. The average molecular weight is 359 g/mol. The lowest BCUT2D eigenvalue weighted by Gasteiger charge is -2.03. The van der Waals surface area contributed by atoms with Crippen LogP contribution in [0.25, 0.3) is 0 Å². The van der Waals surface area contributed by atoms with Crippen molar-refractivity contribution < 1.29 is 9.90 Å². The zero-order valence-electron chi connectivity index (χ0n) is 17.1. The highest BCUT2D eigenvalue weighted by Gasteiger charge is 1.99. The zero-order valence-corrected chi connectivity index (χ0v) is 17.1. The van der Waals surface area contributed by atoms with Crippen LogP contribution in [0.15, 0.2) is 0 Å². The third-order valence-electron chi connectivity index (χ3n) is 4.45. The predicted octanol–water partition coefficient (Wildman–Crippen LogP) is 5.62. The van der Waals surface area contributed by atoms with Crippen LogP contribution in [0.1, 0.15) is 117 Å². The van der Waals surface area contributed by atoms with Crippen LogP contribution in [-0.4, -0.2) is 23.7 Å². The van der Waals surface area contributed by atoms with Crippen LogP contribution in [0.2, 0.25) is 0 Å². The van der Waals surface area contributed by atoms with Crippen LogP contribution in [-0.2, 0) is 4.79 Å². The van der Waals surface area contributed by atoms with Gasteiger partial charge in [-0.2, -0.15) is 0 Å². The maximum Gasteiger partial charge on any atom is 0.320 e. The van der Waals surface area contributed by atoms with Gasteiger partial charge in [0.25, 0.3) is 0 Å². The standard InChI is InChI=1S/C18H39N.C3H7NO2/c1-2-3-4-5-6-7-8-9-10-11-12-13-14-15-16-17-18-19;1-2(4)3(5)6/h2-19H2,1H3;2H,4H2,1H3,(H,5,6). The number of carbonyl (C=O) groups is 1. The summed E-state index contributed by atoms with van der Waals surface area (Å²) in [6.45, 7) is 4.58. The maximum atomic E-state index is 9.57. The monoisotopic (exact) mass is 358 g/mol. The van der Waals surface area contributed by atoms with Gasteiger partial charge in [-0.3, -0.25) is 4.79 Å². The normalized spacial score (nSPS) is 11.7. The topological polar surface area (TPSA) is 89.3 Å². The van der Waals surface area contributed by atoms with Crippen molar-refractivity contribution in [2.75, 3.05) is 6.54 Å². The van der Waals surface area contributed by atoms with Gasteiger partial charge in [0.1, 0.15) is 6.04 Å². The molecule has 0 fully saturated rings. The fraction of sp³-hybridized carbons (Fsp3) is 0.952. The van der Waals surface area contributed by atoms with Gasteiger partial charge >= 0.3 is 5.97 Å². The molecule has 0 aliphatic carbocycles. The van der Waals surface area contributed by atoms with E-state index in [0.717, 1.165) is 6.54 Å². The van der Waals surface area contributed by atoms with E-state index >= 15 is 0 Å². The van der Waals surface area contributed by atoms with Gasteiger partial charge in [-0.25, -0.2) is 0 Å². The summed E-state index contributed by atoms with van der Waals surface area (Å²) >= 11 is 0. The van der Waals surface area contributed by atoms with Gasteiger partial charge in [0, 0.05) is 0 Å². The minimum Gasteiger partial charge on any atom is -0.480 e. The molecule has 0 saturated carbocycles. The van der Waals surface area contributed by atoms with E-state index in [-0.39, 0.29) is 0 Å². The van der Waals surface area contributed by atoms with Crippen molar-refractivity contribution in [2.24, 2.45) is 11.5 Å². The first-order chi connectivity index (χ1) is 12.1. The summed E-state index contributed by atoms with van der Waals surface area (Å²) in [4.78, 5) is 9.57. The van der Waals surface area contributed by atoms with Crippen molar-refractivity contribution in [3.63, 3.8) is 0 Å². The zero-order chi connectivity index (χ0) is 19.2. The molecule has 0 rings (SSSR count). The van der Waals surface area contributed by atoms with Crippen molar-refractivity contribution in [1.29, 1.82) is 0 Å². The van der Waals surface area contributed by atoms with E-state index < -0.39 is 12.0 Å². The van der Waals surface area contributed by atoms with Gasteiger partial charge in [-0.1, -0.05) is 103 Å². The van der Waals surface area contributed by atoms with Crippen molar-refractivity contribution in [3.8, 4) is 0 Å². The van der Waals surface area contributed by atoms with Crippen LogP contribution in [0.5, 0.6) is 0 Å². The Morgan fingerprint density at radius 3 is 1.16 bits per heavy atom. The molecule has 4 nitrogen and oxygen atoms in total. The number of rotatable bonds is 17. The van der Waals surface area contributed by atoms with Gasteiger partial charge in [0.05, 0.1) is 0 Å². The Labute approximate surface area is 157 Å². The summed E-state index contributed by atoms with van der Waals surface area (Å²) in [7, 11) is 0. The Morgan fingerprint density at radius 2 is 0.960 bits per heavy atom. The summed E-state index contributed by atoms with van der Waals surface area (Å²) in [5.74, 6) is -0.963. The van der Waals surface area contributed by atoms with Crippen LogP contribution in [0.4, 0.5) is 0 Å². The molecule has 0 aliphatic rings. The molecule has 5 N–H and O–H groups in total. The minimum absolute atomic E-state index is 0.731. The number of nitrogens with two attached hydrogens (primary N) is 2. The Bertz CT molecular complexity index is 242. The smallest absolute Gasteiger partial charge is 0.320 e. The first-order valence-corrected chi connectivity index (χ1v) is 10.7.